The van der Waals surface area contributed by atoms with Crippen LogP contribution in [0.2, 0.25) is 0 Å². The van der Waals surface area contributed by atoms with Gasteiger partial charge in [0.2, 0.25) is 0 Å². The van der Waals surface area contributed by atoms with Crippen LogP contribution in [-0.4, -0.2) is 34.0 Å². The van der Waals surface area contributed by atoms with Gasteiger partial charge in [0.1, 0.15) is 11.4 Å². The number of nitrogens with zero attached hydrogens (tertiary/aromatic N) is 2. The first kappa shape index (κ1) is 12.0. The average molecular weight is 238 g/mol. The number of hydrogen-bond donors (Lipinski definition) is 1. The second-order valence-electron chi connectivity index (χ2n) is 4.46. The molecule has 1 aliphatic rings. The van der Waals surface area contributed by atoms with Gasteiger partial charge in [0.25, 0.3) is 0 Å². The third-order valence-corrected chi connectivity index (χ3v) is 3.42. The van der Waals surface area contributed by atoms with Crippen molar-refractivity contribution in [2.75, 3.05) is 13.1 Å². The highest BCUT2D eigenvalue weighted by Crippen LogP contribution is 2.31. The predicted octanol–water partition coefficient (Wildman–Crippen LogP) is 1.62. The monoisotopic (exact) mass is 238 g/mol. The second-order valence-corrected chi connectivity index (χ2v) is 4.46. The number of halogens is 1. The minimum atomic E-state index is -1.19. The van der Waals surface area contributed by atoms with E-state index in [-0.39, 0.29) is 0 Å². The molecule has 92 valence electrons. The number of likely N-dealkylation sites (tertiary alicyclic amines) is 1. The summed E-state index contributed by atoms with van der Waals surface area (Å²) in [5.41, 5.74) is -0.794. The number of carbonyl (C=O) groups is 1. The van der Waals surface area contributed by atoms with Crippen LogP contribution < -0.4 is 0 Å². The van der Waals surface area contributed by atoms with Crippen LogP contribution in [0.15, 0.2) is 18.5 Å². The highest BCUT2D eigenvalue weighted by molar-refractivity contribution is 5.80. The summed E-state index contributed by atoms with van der Waals surface area (Å²) in [6.45, 7) is 3.05. The summed E-state index contributed by atoms with van der Waals surface area (Å²) in [6, 6.07) is 1.25. The summed E-state index contributed by atoms with van der Waals surface area (Å²) in [4.78, 5) is 17.1. The van der Waals surface area contributed by atoms with E-state index in [1.54, 1.807) is 6.92 Å². The van der Waals surface area contributed by atoms with Gasteiger partial charge in [0, 0.05) is 11.8 Å². The molecule has 1 aromatic heterocycles. The molecule has 1 fully saturated rings. The molecule has 4 nitrogen and oxygen atoms in total. The van der Waals surface area contributed by atoms with Gasteiger partial charge in [-0.15, -0.1) is 0 Å². The van der Waals surface area contributed by atoms with Gasteiger partial charge >= 0.3 is 5.97 Å². The number of rotatable bonds is 3. The summed E-state index contributed by atoms with van der Waals surface area (Å²) in [5, 5.41) is 9.45. The third-order valence-electron chi connectivity index (χ3n) is 3.42. The van der Waals surface area contributed by atoms with E-state index in [1.807, 2.05) is 4.90 Å². The Morgan fingerprint density at radius 1 is 1.47 bits per heavy atom. The first-order chi connectivity index (χ1) is 8.05. The maximum atomic E-state index is 13.2. The van der Waals surface area contributed by atoms with E-state index in [2.05, 4.69) is 4.98 Å². The van der Waals surface area contributed by atoms with Gasteiger partial charge in [-0.1, -0.05) is 0 Å². The van der Waals surface area contributed by atoms with Crippen LogP contribution in [0, 0.1) is 5.82 Å². The molecule has 1 N–H and O–H groups in total. The normalized spacial score (nSPS) is 20.1. The molecular formula is C12H15FN2O2. The molecule has 1 saturated heterocycles. The van der Waals surface area contributed by atoms with Crippen LogP contribution in [0.3, 0.4) is 0 Å². The Morgan fingerprint density at radius 2 is 2.12 bits per heavy atom. The molecule has 0 bridgehead atoms. The van der Waals surface area contributed by atoms with Crippen LogP contribution in [0.4, 0.5) is 4.39 Å². The standard InChI is InChI=1S/C12H15FN2O2/c1-12(11(16)17,15-4-2-3-5-15)9-6-10(13)8-14-7-9/h6-8H,2-5H2,1H3,(H,16,17). The minimum Gasteiger partial charge on any atom is -0.480 e. The molecule has 2 rings (SSSR count). The number of carboxylic acid groups (broad SMARTS) is 1. The highest BCUT2D eigenvalue weighted by Gasteiger charge is 2.42. The minimum absolute atomic E-state index is 0.395. The average Bonchev–Trinajstić information content (AvgIpc) is 2.81. The largest absolute Gasteiger partial charge is 0.480 e. The van der Waals surface area contributed by atoms with Crippen LogP contribution in [-0.2, 0) is 10.3 Å². The Bertz CT molecular complexity index is 432. The van der Waals surface area contributed by atoms with Crippen LogP contribution in [0.25, 0.3) is 0 Å². The molecular weight excluding hydrogens is 223 g/mol. The zero-order valence-corrected chi connectivity index (χ0v) is 9.69. The van der Waals surface area contributed by atoms with Crippen molar-refractivity contribution in [2.45, 2.75) is 25.3 Å². The SMILES string of the molecule is CC(C(=O)O)(c1cncc(F)c1)N1CCCC1. The molecule has 1 aromatic rings. The fourth-order valence-corrected chi connectivity index (χ4v) is 2.28. The second kappa shape index (κ2) is 4.41. The first-order valence-corrected chi connectivity index (χ1v) is 5.64. The summed E-state index contributed by atoms with van der Waals surface area (Å²) in [5.74, 6) is -1.47. The Balaban J connectivity index is 2.43. The lowest BCUT2D eigenvalue weighted by Crippen LogP contribution is -2.48. The smallest absolute Gasteiger partial charge is 0.328 e. The number of aliphatic carboxylic acids is 1. The molecule has 1 aliphatic heterocycles. The fraction of sp³-hybridized carbons (Fsp3) is 0.500. The van der Waals surface area contributed by atoms with E-state index in [4.69, 9.17) is 0 Å². The molecule has 0 aliphatic carbocycles. The van der Waals surface area contributed by atoms with E-state index >= 15 is 0 Å². The topological polar surface area (TPSA) is 53.4 Å². The van der Waals surface area contributed by atoms with E-state index in [0.29, 0.717) is 5.56 Å². The van der Waals surface area contributed by atoms with Gasteiger partial charge in [-0.3, -0.25) is 9.88 Å². The fourth-order valence-electron chi connectivity index (χ4n) is 2.28. The van der Waals surface area contributed by atoms with Gasteiger partial charge in [0.15, 0.2) is 0 Å². The molecule has 1 unspecified atom stereocenters. The van der Waals surface area contributed by atoms with E-state index in [9.17, 15) is 14.3 Å². The Labute approximate surface area is 99.1 Å². The lowest BCUT2D eigenvalue weighted by atomic mass is 9.91. The van der Waals surface area contributed by atoms with Crippen molar-refractivity contribution in [3.8, 4) is 0 Å². The van der Waals surface area contributed by atoms with Crippen molar-refractivity contribution in [1.29, 1.82) is 0 Å². The highest BCUT2D eigenvalue weighted by atomic mass is 19.1. The van der Waals surface area contributed by atoms with Gasteiger partial charge in [-0.05, 0) is 38.9 Å². The van der Waals surface area contributed by atoms with E-state index in [0.717, 1.165) is 32.1 Å². The molecule has 2 heterocycles. The summed E-state index contributed by atoms with van der Waals surface area (Å²) in [7, 11) is 0. The van der Waals surface area contributed by atoms with Crippen LogP contribution >= 0.6 is 0 Å². The van der Waals surface area contributed by atoms with E-state index < -0.39 is 17.3 Å². The third kappa shape index (κ3) is 2.02. The van der Waals surface area contributed by atoms with Crippen LogP contribution in [0.5, 0.6) is 0 Å². The van der Waals surface area contributed by atoms with Gasteiger partial charge in [0.05, 0.1) is 6.20 Å². The van der Waals surface area contributed by atoms with Crippen molar-refractivity contribution in [3.63, 3.8) is 0 Å². The molecule has 17 heavy (non-hydrogen) atoms. The number of pyridine rings is 1. The number of aromatic nitrogens is 1. The summed E-state index contributed by atoms with van der Waals surface area (Å²) in [6.07, 6.45) is 4.46. The zero-order valence-electron chi connectivity index (χ0n) is 9.69. The molecule has 0 spiro atoms. The molecule has 0 radical (unpaired) electrons. The number of carboxylic acids is 1. The molecule has 0 amide bonds. The first-order valence-electron chi connectivity index (χ1n) is 5.64. The lowest BCUT2D eigenvalue weighted by molar-refractivity contribution is -0.150. The molecule has 0 aromatic carbocycles. The van der Waals surface area contributed by atoms with Crippen molar-refractivity contribution >= 4 is 5.97 Å². The van der Waals surface area contributed by atoms with Gasteiger partial charge in [-0.2, -0.15) is 0 Å². The predicted molar refractivity (Wildman–Crippen MR) is 60.0 cm³/mol. The van der Waals surface area contributed by atoms with Crippen molar-refractivity contribution in [3.05, 3.63) is 29.8 Å². The van der Waals surface area contributed by atoms with Gasteiger partial charge in [-0.25, -0.2) is 9.18 Å². The quantitative estimate of drug-likeness (QED) is 0.869. The van der Waals surface area contributed by atoms with Crippen LogP contribution in [0.1, 0.15) is 25.3 Å². The molecule has 0 saturated carbocycles. The lowest BCUT2D eigenvalue weighted by Gasteiger charge is -2.34. The van der Waals surface area contributed by atoms with Crippen molar-refractivity contribution in [1.82, 2.24) is 9.88 Å². The Morgan fingerprint density at radius 3 is 2.65 bits per heavy atom. The molecule has 1 atom stereocenters. The van der Waals surface area contributed by atoms with Crippen molar-refractivity contribution in [2.24, 2.45) is 0 Å². The maximum Gasteiger partial charge on any atom is 0.328 e. The van der Waals surface area contributed by atoms with Crippen molar-refractivity contribution < 1.29 is 14.3 Å². The van der Waals surface area contributed by atoms with Gasteiger partial charge < -0.3 is 5.11 Å². The number of hydrogen-bond acceptors (Lipinski definition) is 3. The summed E-state index contributed by atoms with van der Waals surface area (Å²) >= 11 is 0. The summed E-state index contributed by atoms with van der Waals surface area (Å²) < 4.78 is 13.2. The Kier molecular flexibility index (Phi) is 3.11. The maximum absolute atomic E-state index is 13.2. The Hall–Kier alpha value is -1.49. The zero-order chi connectivity index (χ0) is 12.5. The van der Waals surface area contributed by atoms with E-state index in [1.165, 1.54) is 12.3 Å². The molecule has 5 heteroatoms.